The van der Waals surface area contributed by atoms with Gasteiger partial charge in [-0.2, -0.15) is 5.10 Å². The van der Waals surface area contributed by atoms with Crippen LogP contribution in [0, 0.1) is 6.92 Å². The lowest BCUT2D eigenvalue weighted by molar-refractivity contribution is -0.136. The van der Waals surface area contributed by atoms with Gasteiger partial charge in [0.15, 0.2) is 0 Å². The number of amides is 2. The minimum atomic E-state index is -0.855. The molecule has 0 spiro atoms. The molecule has 0 heterocycles. The molecule has 0 saturated carbocycles. The molecule has 2 aromatic rings. The Morgan fingerprint density at radius 2 is 1.73 bits per heavy atom. The summed E-state index contributed by atoms with van der Waals surface area (Å²) in [5.41, 5.74) is 4.25. The first kappa shape index (κ1) is 15.7. The number of aryl methyl sites for hydroxylation is 1. The number of hydrogen-bond acceptors (Lipinski definition) is 3. The molecule has 6 heteroatoms. The monoisotopic (exact) mass is 315 g/mol. The third-order valence-electron chi connectivity index (χ3n) is 2.87. The highest BCUT2D eigenvalue weighted by Crippen LogP contribution is 2.13. The topological polar surface area (TPSA) is 70.6 Å². The number of carbonyl (C=O) groups excluding carboxylic acids is 2. The quantitative estimate of drug-likeness (QED) is 0.519. The minimum absolute atomic E-state index is 0.505. The van der Waals surface area contributed by atoms with E-state index in [4.69, 9.17) is 11.6 Å². The lowest BCUT2D eigenvalue weighted by Crippen LogP contribution is -2.32. The van der Waals surface area contributed by atoms with E-state index in [9.17, 15) is 9.59 Å². The Kier molecular flexibility index (Phi) is 5.27. The van der Waals surface area contributed by atoms with E-state index in [1.807, 2.05) is 19.1 Å². The van der Waals surface area contributed by atoms with Gasteiger partial charge in [-0.1, -0.05) is 48.0 Å². The zero-order chi connectivity index (χ0) is 15.9. The Morgan fingerprint density at radius 3 is 2.45 bits per heavy atom. The smallest absolute Gasteiger partial charge is 0.317 e. The standard InChI is InChI=1S/C16H14ClN3O2/c1-11-6-2-5-9-14(11)19-15(21)16(22)20-18-10-12-7-3-4-8-13(12)17/h2-10H,1H3,(H,19,21)(H,20,22). The molecule has 2 rings (SSSR count). The molecular weight excluding hydrogens is 302 g/mol. The molecule has 0 saturated heterocycles. The molecule has 2 aromatic carbocycles. The molecule has 22 heavy (non-hydrogen) atoms. The Bertz CT molecular complexity index is 729. The molecule has 0 atom stereocenters. The molecule has 2 N–H and O–H groups in total. The highest BCUT2D eigenvalue weighted by Gasteiger charge is 2.13. The summed E-state index contributed by atoms with van der Waals surface area (Å²) in [7, 11) is 0. The van der Waals surface area contributed by atoms with Gasteiger partial charge in [0.1, 0.15) is 0 Å². The fourth-order valence-electron chi connectivity index (χ4n) is 1.68. The minimum Gasteiger partial charge on any atom is -0.317 e. The van der Waals surface area contributed by atoms with E-state index in [0.717, 1.165) is 5.56 Å². The van der Waals surface area contributed by atoms with Gasteiger partial charge in [-0.15, -0.1) is 0 Å². The van der Waals surface area contributed by atoms with Crippen LogP contribution < -0.4 is 10.7 Å². The first-order valence-electron chi connectivity index (χ1n) is 6.52. The van der Waals surface area contributed by atoms with Crippen LogP contribution in [0.5, 0.6) is 0 Å². The lowest BCUT2D eigenvalue weighted by atomic mass is 10.2. The van der Waals surface area contributed by atoms with Crippen LogP contribution in [0.1, 0.15) is 11.1 Å². The summed E-state index contributed by atoms with van der Waals surface area (Å²) in [6.45, 7) is 1.84. The summed E-state index contributed by atoms with van der Waals surface area (Å²) >= 11 is 5.94. The predicted molar refractivity (Wildman–Crippen MR) is 87.0 cm³/mol. The third kappa shape index (κ3) is 4.17. The first-order valence-corrected chi connectivity index (χ1v) is 6.90. The van der Waals surface area contributed by atoms with E-state index in [1.165, 1.54) is 6.21 Å². The van der Waals surface area contributed by atoms with Crippen LogP contribution in [-0.2, 0) is 9.59 Å². The van der Waals surface area contributed by atoms with Crippen molar-refractivity contribution in [1.29, 1.82) is 0 Å². The second-order valence-corrected chi connectivity index (χ2v) is 4.90. The maximum Gasteiger partial charge on any atom is 0.329 e. The SMILES string of the molecule is Cc1ccccc1NC(=O)C(=O)NN=Cc1ccccc1Cl. The molecule has 0 aromatic heterocycles. The van der Waals surface area contributed by atoms with Crippen molar-refractivity contribution >= 4 is 35.3 Å². The van der Waals surface area contributed by atoms with Gasteiger partial charge in [0.25, 0.3) is 0 Å². The highest BCUT2D eigenvalue weighted by molar-refractivity contribution is 6.39. The molecule has 0 unspecified atom stereocenters. The van der Waals surface area contributed by atoms with Gasteiger partial charge in [0.05, 0.1) is 6.21 Å². The van der Waals surface area contributed by atoms with Gasteiger partial charge in [0, 0.05) is 16.3 Å². The Morgan fingerprint density at radius 1 is 1.05 bits per heavy atom. The second-order valence-electron chi connectivity index (χ2n) is 4.49. The van der Waals surface area contributed by atoms with Crippen molar-refractivity contribution in [3.05, 3.63) is 64.7 Å². The Hall–Kier alpha value is -2.66. The zero-order valence-corrected chi connectivity index (χ0v) is 12.6. The number of hydrogen-bond donors (Lipinski definition) is 2. The molecule has 2 amide bonds. The van der Waals surface area contributed by atoms with Gasteiger partial charge in [-0.3, -0.25) is 9.59 Å². The van der Waals surface area contributed by atoms with Gasteiger partial charge < -0.3 is 5.32 Å². The number of hydrazone groups is 1. The summed E-state index contributed by atoms with van der Waals surface area (Å²) in [6, 6.07) is 14.2. The van der Waals surface area contributed by atoms with E-state index < -0.39 is 11.8 Å². The van der Waals surface area contributed by atoms with Crippen LogP contribution in [-0.4, -0.2) is 18.0 Å². The van der Waals surface area contributed by atoms with Crippen LogP contribution in [0.4, 0.5) is 5.69 Å². The van der Waals surface area contributed by atoms with Crippen molar-refractivity contribution in [2.45, 2.75) is 6.92 Å². The van der Waals surface area contributed by atoms with E-state index in [1.54, 1.807) is 36.4 Å². The maximum atomic E-state index is 11.8. The van der Waals surface area contributed by atoms with E-state index in [-0.39, 0.29) is 0 Å². The average molecular weight is 316 g/mol. The summed E-state index contributed by atoms with van der Waals surface area (Å²) in [5, 5.41) is 6.74. The lowest BCUT2D eigenvalue weighted by Gasteiger charge is -2.06. The molecular formula is C16H14ClN3O2. The number of carbonyl (C=O) groups is 2. The number of rotatable bonds is 3. The van der Waals surface area contributed by atoms with Crippen LogP contribution >= 0.6 is 11.6 Å². The predicted octanol–water partition coefficient (Wildman–Crippen LogP) is 2.74. The number of nitrogens with zero attached hydrogens (tertiary/aromatic N) is 1. The number of nitrogens with one attached hydrogen (secondary N) is 2. The Balaban J connectivity index is 1.94. The van der Waals surface area contributed by atoms with Crippen LogP contribution in [0.25, 0.3) is 0 Å². The maximum absolute atomic E-state index is 11.8. The van der Waals surface area contributed by atoms with Gasteiger partial charge in [0.2, 0.25) is 0 Å². The van der Waals surface area contributed by atoms with E-state index >= 15 is 0 Å². The summed E-state index contributed by atoms with van der Waals surface area (Å²) in [6.07, 6.45) is 1.38. The van der Waals surface area contributed by atoms with Gasteiger partial charge in [-0.05, 0) is 24.6 Å². The molecule has 5 nitrogen and oxygen atoms in total. The number of halogens is 1. The van der Waals surface area contributed by atoms with Crippen molar-refractivity contribution in [3.63, 3.8) is 0 Å². The normalized spacial score (nSPS) is 10.5. The number of anilines is 1. The number of benzene rings is 2. The molecule has 0 fully saturated rings. The van der Waals surface area contributed by atoms with Crippen molar-refractivity contribution < 1.29 is 9.59 Å². The fourth-order valence-corrected chi connectivity index (χ4v) is 1.87. The first-order chi connectivity index (χ1) is 10.6. The average Bonchev–Trinajstić information content (AvgIpc) is 2.51. The van der Waals surface area contributed by atoms with Crippen molar-refractivity contribution in [2.75, 3.05) is 5.32 Å². The molecule has 0 bridgehead atoms. The van der Waals surface area contributed by atoms with E-state index in [2.05, 4.69) is 15.8 Å². The number of para-hydroxylation sites is 1. The summed E-state index contributed by atoms with van der Waals surface area (Å²) in [5.74, 6) is -1.64. The van der Waals surface area contributed by atoms with Crippen LogP contribution in [0.2, 0.25) is 5.02 Å². The van der Waals surface area contributed by atoms with E-state index in [0.29, 0.717) is 16.3 Å². The van der Waals surface area contributed by atoms with Crippen molar-refractivity contribution in [3.8, 4) is 0 Å². The van der Waals surface area contributed by atoms with Crippen LogP contribution in [0.3, 0.4) is 0 Å². The largest absolute Gasteiger partial charge is 0.329 e. The van der Waals surface area contributed by atoms with Crippen LogP contribution in [0.15, 0.2) is 53.6 Å². The molecule has 0 radical (unpaired) electrons. The van der Waals surface area contributed by atoms with Crippen molar-refractivity contribution in [1.82, 2.24) is 5.43 Å². The zero-order valence-electron chi connectivity index (χ0n) is 11.8. The highest BCUT2D eigenvalue weighted by atomic mass is 35.5. The third-order valence-corrected chi connectivity index (χ3v) is 3.22. The molecule has 0 aliphatic rings. The van der Waals surface area contributed by atoms with Gasteiger partial charge >= 0.3 is 11.8 Å². The molecule has 0 aliphatic carbocycles. The summed E-state index contributed by atoms with van der Waals surface area (Å²) in [4.78, 5) is 23.4. The second kappa shape index (κ2) is 7.38. The summed E-state index contributed by atoms with van der Waals surface area (Å²) < 4.78 is 0. The molecule has 0 aliphatic heterocycles. The Labute approximate surface area is 133 Å². The van der Waals surface area contributed by atoms with Gasteiger partial charge in [-0.25, -0.2) is 5.43 Å². The molecule has 112 valence electrons. The van der Waals surface area contributed by atoms with Crippen molar-refractivity contribution in [2.24, 2.45) is 5.10 Å². The fraction of sp³-hybridized carbons (Fsp3) is 0.0625.